The van der Waals surface area contributed by atoms with E-state index in [0.29, 0.717) is 5.56 Å². The molecule has 1 aromatic carbocycles. The van der Waals surface area contributed by atoms with Gasteiger partial charge in [0.1, 0.15) is 5.75 Å². The van der Waals surface area contributed by atoms with Gasteiger partial charge in [-0.15, -0.1) is 0 Å². The molecule has 26 heavy (non-hydrogen) atoms. The molecule has 6 heteroatoms. The first-order valence-electron chi connectivity index (χ1n) is 8.71. The minimum Gasteiger partial charge on any atom is -0.496 e. The summed E-state index contributed by atoms with van der Waals surface area (Å²) in [5.41, 5.74) is 3.88. The van der Waals surface area contributed by atoms with Crippen molar-refractivity contribution >= 4 is 16.9 Å². The van der Waals surface area contributed by atoms with Crippen molar-refractivity contribution in [1.29, 1.82) is 0 Å². The van der Waals surface area contributed by atoms with Crippen molar-refractivity contribution in [2.45, 2.75) is 33.2 Å². The number of fused-ring (bicyclic) bond motifs is 1. The molecule has 0 aliphatic rings. The van der Waals surface area contributed by atoms with Crippen LogP contribution in [0.3, 0.4) is 0 Å². The Balaban J connectivity index is 2.01. The first-order chi connectivity index (χ1) is 12.5. The number of pyridine rings is 1. The molecule has 1 unspecified atom stereocenters. The number of benzene rings is 1. The van der Waals surface area contributed by atoms with Gasteiger partial charge in [0, 0.05) is 18.3 Å². The number of amides is 1. The van der Waals surface area contributed by atoms with Crippen LogP contribution in [0.2, 0.25) is 0 Å². The van der Waals surface area contributed by atoms with Crippen molar-refractivity contribution in [2.24, 2.45) is 7.05 Å². The van der Waals surface area contributed by atoms with E-state index in [2.05, 4.69) is 15.4 Å². The molecule has 1 N–H and O–H groups in total. The van der Waals surface area contributed by atoms with Crippen LogP contribution in [0.4, 0.5) is 0 Å². The Morgan fingerprint density at radius 2 is 2.04 bits per heavy atom. The summed E-state index contributed by atoms with van der Waals surface area (Å²) in [6.07, 6.45) is 0.755. The fourth-order valence-electron chi connectivity index (χ4n) is 3.34. The summed E-state index contributed by atoms with van der Waals surface area (Å²) in [5.74, 6) is 0.641. The van der Waals surface area contributed by atoms with Gasteiger partial charge >= 0.3 is 0 Å². The SMILES string of the molecule is CCC(NC(=O)c1cc(C)nc2c1c(C)nn2C)c1ccccc1OC. The Bertz CT molecular complexity index is 962. The highest BCUT2D eigenvalue weighted by Gasteiger charge is 2.21. The number of rotatable bonds is 5. The number of hydrogen-bond donors (Lipinski definition) is 1. The topological polar surface area (TPSA) is 69.0 Å². The van der Waals surface area contributed by atoms with Crippen LogP contribution in [-0.4, -0.2) is 27.8 Å². The highest BCUT2D eigenvalue weighted by Crippen LogP contribution is 2.28. The minimum absolute atomic E-state index is 0.130. The number of nitrogens with zero attached hydrogens (tertiary/aromatic N) is 3. The van der Waals surface area contributed by atoms with Gasteiger partial charge in [0.05, 0.1) is 29.8 Å². The quantitative estimate of drug-likeness (QED) is 0.763. The monoisotopic (exact) mass is 352 g/mol. The number of aryl methyl sites for hydroxylation is 3. The average molecular weight is 352 g/mol. The van der Waals surface area contributed by atoms with Gasteiger partial charge in [-0.05, 0) is 32.4 Å². The standard InChI is InChI=1S/C20H24N4O2/c1-6-16(14-9-7-8-10-17(14)26-5)22-20(25)15-11-12(2)21-19-18(15)13(3)23-24(19)4/h7-11,16H,6H2,1-5H3,(H,22,25). The Morgan fingerprint density at radius 1 is 1.31 bits per heavy atom. The maximum absolute atomic E-state index is 13.1. The third-order valence-electron chi connectivity index (χ3n) is 4.57. The largest absolute Gasteiger partial charge is 0.496 e. The Kier molecular flexibility index (Phi) is 4.93. The fraction of sp³-hybridized carbons (Fsp3) is 0.350. The molecule has 0 saturated heterocycles. The summed E-state index contributed by atoms with van der Waals surface area (Å²) in [5, 5.41) is 8.36. The van der Waals surface area contributed by atoms with E-state index in [1.54, 1.807) is 11.8 Å². The molecule has 136 valence electrons. The van der Waals surface area contributed by atoms with Crippen LogP contribution < -0.4 is 10.1 Å². The summed E-state index contributed by atoms with van der Waals surface area (Å²) in [7, 11) is 3.48. The molecule has 1 amide bonds. The molecule has 0 radical (unpaired) electrons. The molecule has 3 rings (SSSR count). The molecule has 0 bridgehead atoms. The van der Waals surface area contributed by atoms with E-state index in [-0.39, 0.29) is 11.9 Å². The number of aromatic nitrogens is 3. The summed E-state index contributed by atoms with van der Waals surface area (Å²) in [4.78, 5) is 17.6. The molecular weight excluding hydrogens is 328 g/mol. The Hall–Kier alpha value is -2.89. The normalized spacial score (nSPS) is 12.2. The number of hydrogen-bond acceptors (Lipinski definition) is 4. The van der Waals surface area contributed by atoms with E-state index in [4.69, 9.17) is 4.74 Å². The first-order valence-corrected chi connectivity index (χ1v) is 8.71. The predicted octanol–water partition coefficient (Wildman–Crippen LogP) is 3.47. The summed E-state index contributed by atoms with van der Waals surface area (Å²) >= 11 is 0. The third-order valence-corrected chi connectivity index (χ3v) is 4.57. The smallest absolute Gasteiger partial charge is 0.252 e. The highest BCUT2D eigenvalue weighted by atomic mass is 16.5. The van der Waals surface area contributed by atoms with Gasteiger partial charge in [-0.1, -0.05) is 25.1 Å². The number of nitrogens with one attached hydrogen (secondary N) is 1. The average Bonchev–Trinajstić information content (AvgIpc) is 2.92. The Labute approximate surface area is 153 Å². The van der Waals surface area contributed by atoms with Crippen molar-refractivity contribution in [3.8, 4) is 5.75 Å². The predicted molar refractivity (Wildman–Crippen MR) is 101 cm³/mol. The molecule has 0 saturated carbocycles. The van der Waals surface area contributed by atoms with Crippen molar-refractivity contribution in [3.05, 3.63) is 52.8 Å². The van der Waals surface area contributed by atoms with Gasteiger partial charge < -0.3 is 10.1 Å². The number of para-hydroxylation sites is 1. The molecule has 0 spiro atoms. The van der Waals surface area contributed by atoms with Crippen LogP contribution >= 0.6 is 0 Å². The van der Waals surface area contributed by atoms with Crippen molar-refractivity contribution in [2.75, 3.05) is 7.11 Å². The van der Waals surface area contributed by atoms with Crippen molar-refractivity contribution in [1.82, 2.24) is 20.1 Å². The zero-order chi connectivity index (χ0) is 18.8. The maximum Gasteiger partial charge on any atom is 0.252 e. The first kappa shape index (κ1) is 17.9. The molecule has 1 atom stereocenters. The number of carbonyl (C=O) groups excluding carboxylic acids is 1. The molecule has 0 aliphatic heterocycles. The van der Waals surface area contributed by atoms with Crippen molar-refractivity contribution in [3.63, 3.8) is 0 Å². The second-order valence-corrected chi connectivity index (χ2v) is 6.40. The van der Waals surface area contributed by atoms with E-state index in [1.165, 1.54) is 0 Å². The second kappa shape index (κ2) is 7.15. The van der Waals surface area contributed by atoms with E-state index in [0.717, 1.165) is 40.2 Å². The zero-order valence-electron chi connectivity index (χ0n) is 15.8. The lowest BCUT2D eigenvalue weighted by molar-refractivity contribution is 0.0936. The van der Waals surface area contributed by atoms with Gasteiger partial charge in [0.25, 0.3) is 5.91 Å². The number of carbonyl (C=O) groups is 1. The fourth-order valence-corrected chi connectivity index (χ4v) is 3.34. The molecular formula is C20H24N4O2. The molecule has 6 nitrogen and oxygen atoms in total. The summed E-state index contributed by atoms with van der Waals surface area (Å²) in [6, 6.07) is 9.44. The van der Waals surface area contributed by atoms with Crippen LogP contribution in [0.1, 0.15) is 46.7 Å². The highest BCUT2D eigenvalue weighted by molar-refractivity contribution is 6.06. The molecule has 0 fully saturated rings. The molecule has 2 heterocycles. The minimum atomic E-state index is -0.140. The molecule has 3 aromatic rings. The van der Waals surface area contributed by atoms with Crippen molar-refractivity contribution < 1.29 is 9.53 Å². The lowest BCUT2D eigenvalue weighted by Gasteiger charge is -2.20. The lowest BCUT2D eigenvalue weighted by Crippen LogP contribution is -2.28. The summed E-state index contributed by atoms with van der Waals surface area (Å²) < 4.78 is 7.17. The zero-order valence-corrected chi connectivity index (χ0v) is 15.8. The lowest BCUT2D eigenvalue weighted by atomic mass is 10.0. The third kappa shape index (κ3) is 3.14. The summed E-state index contributed by atoms with van der Waals surface area (Å²) in [6.45, 7) is 5.82. The van der Waals surface area contributed by atoms with Gasteiger partial charge in [-0.25, -0.2) is 4.98 Å². The number of methoxy groups -OCH3 is 1. The van der Waals surface area contributed by atoms with Gasteiger partial charge in [-0.3, -0.25) is 9.48 Å². The van der Waals surface area contributed by atoms with Crippen LogP contribution in [-0.2, 0) is 7.05 Å². The van der Waals surface area contributed by atoms with Crippen LogP contribution in [0.5, 0.6) is 5.75 Å². The van der Waals surface area contributed by atoms with Gasteiger partial charge in [-0.2, -0.15) is 5.10 Å². The van der Waals surface area contributed by atoms with Gasteiger partial charge in [0.15, 0.2) is 5.65 Å². The maximum atomic E-state index is 13.1. The Morgan fingerprint density at radius 3 is 2.73 bits per heavy atom. The van der Waals surface area contributed by atoms with Crippen LogP contribution in [0, 0.1) is 13.8 Å². The van der Waals surface area contributed by atoms with E-state index in [1.807, 2.05) is 58.2 Å². The van der Waals surface area contributed by atoms with Gasteiger partial charge in [0.2, 0.25) is 0 Å². The van der Waals surface area contributed by atoms with E-state index >= 15 is 0 Å². The molecule has 0 aliphatic carbocycles. The molecule has 2 aromatic heterocycles. The van der Waals surface area contributed by atoms with E-state index in [9.17, 15) is 4.79 Å². The van der Waals surface area contributed by atoms with Crippen LogP contribution in [0.15, 0.2) is 30.3 Å². The second-order valence-electron chi connectivity index (χ2n) is 6.40. The number of ether oxygens (including phenoxy) is 1. The van der Waals surface area contributed by atoms with Crippen LogP contribution in [0.25, 0.3) is 11.0 Å². The van der Waals surface area contributed by atoms with E-state index < -0.39 is 0 Å².